The van der Waals surface area contributed by atoms with Gasteiger partial charge in [-0.3, -0.25) is 4.79 Å². The van der Waals surface area contributed by atoms with Gasteiger partial charge in [0.05, 0.1) is 18.0 Å². The molecule has 1 aromatic carbocycles. The first-order chi connectivity index (χ1) is 11.2. The molecule has 0 saturated heterocycles. The molecule has 24 heavy (non-hydrogen) atoms. The number of hydrogen-bond donors (Lipinski definition) is 4. The molecule has 0 heterocycles. The average Bonchev–Trinajstić information content (AvgIpc) is 2.44. The van der Waals surface area contributed by atoms with Crippen molar-refractivity contribution in [3.8, 4) is 0 Å². The number of carbonyl (C=O) groups is 2. The zero-order valence-corrected chi connectivity index (χ0v) is 14.7. The molecule has 0 radical (unpaired) electrons. The molecule has 0 aromatic heterocycles. The SMILES string of the molecule is Cc1ccc(NCCO)c(NC(=O)CCNC(=O)OC(C)(C)C)c1. The van der Waals surface area contributed by atoms with Crippen molar-refractivity contribution in [1.82, 2.24) is 5.32 Å². The third-order valence-corrected chi connectivity index (χ3v) is 2.90. The number of aliphatic hydroxyl groups excluding tert-OH is 1. The topological polar surface area (TPSA) is 99.7 Å². The molecule has 7 nitrogen and oxygen atoms in total. The summed E-state index contributed by atoms with van der Waals surface area (Å²) in [5.74, 6) is -0.219. The van der Waals surface area contributed by atoms with Crippen molar-refractivity contribution < 1.29 is 19.4 Å². The van der Waals surface area contributed by atoms with Crippen molar-refractivity contribution >= 4 is 23.4 Å². The highest BCUT2D eigenvalue weighted by Crippen LogP contribution is 2.23. The third-order valence-electron chi connectivity index (χ3n) is 2.90. The third kappa shape index (κ3) is 7.82. The number of rotatable bonds is 7. The number of aliphatic hydroxyl groups is 1. The Morgan fingerprint density at radius 3 is 2.50 bits per heavy atom. The molecule has 0 aliphatic rings. The van der Waals surface area contributed by atoms with Crippen LogP contribution in [0, 0.1) is 6.92 Å². The molecule has 0 spiro atoms. The highest BCUT2D eigenvalue weighted by Gasteiger charge is 2.16. The van der Waals surface area contributed by atoms with E-state index in [9.17, 15) is 9.59 Å². The van der Waals surface area contributed by atoms with Gasteiger partial charge in [-0.2, -0.15) is 0 Å². The van der Waals surface area contributed by atoms with E-state index in [4.69, 9.17) is 9.84 Å². The number of ether oxygens (including phenoxy) is 1. The van der Waals surface area contributed by atoms with Gasteiger partial charge in [0, 0.05) is 19.5 Å². The van der Waals surface area contributed by atoms with Gasteiger partial charge in [0.1, 0.15) is 5.60 Å². The quantitative estimate of drug-likeness (QED) is 0.611. The van der Waals surface area contributed by atoms with E-state index in [2.05, 4.69) is 16.0 Å². The van der Waals surface area contributed by atoms with E-state index in [0.717, 1.165) is 11.3 Å². The Kier molecular flexibility index (Phi) is 7.51. The number of hydrogen-bond acceptors (Lipinski definition) is 5. The van der Waals surface area contributed by atoms with Crippen molar-refractivity contribution in [2.24, 2.45) is 0 Å². The van der Waals surface area contributed by atoms with E-state index >= 15 is 0 Å². The number of amides is 2. The summed E-state index contributed by atoms with van der Waals surface area (Å²) in [4.78, 5) is 23.6. The molecule has 0 fully saturated rings. The lowest BCUT2D eigenvalue weighted by Gasteiger charge is -2.19. The van der Waals surface area contributed by atoms with Gasteiger partial charge in [0.15, 0.2) is 0 Å². The summed E-state index contributed by atoms with van der Waals surface area (Å²) in [6, 6.07) is 5.61. The van der Waals surface area contributed by atoms with Gasteiger partial charge in [-0.1, -0.05) is 6.07 Å². The number of nitrogens with one attached hydrogen (secondary N) is 3. The summed E-state index contributed by atoms with van der Waals surface area (Å²) in [7, 11) is 0. The molecular weight excluding hydrogens is 310 g/mol. The number of alkyl carbamates (subject to hydrolysis) is 1. The van der Waals surface area contributed by atoms with Crippen LogP contribution in [-0.4, -0.2) is 42.4 Å². The van der Waals surface area contributed by atoms with Gasteiger partial charge in [0.2, 0.25) is 5.91 Å². The first-order valence-corrected chi connectivity index (χ1v) is 7.93. The van der Waals surface area contributed by atoms with E-state index in [1.807, 2.05) is 25.1 Å². The fourth-order valence-electron chi connectivity index (χ4n) is 1.91. The fraction of sp³-hybridized carbons (Fsp3) is 0.529. The Bertz CT molecular complexity index is 567. The smallest absolute Gasteiger partial charge is 0.407 e. The molecular formula is C17H27N3O4. The minimum Gasteiger partial charge on any atom is -0.444 e. The van der Waals surface area contributed by atoms with Crippen molar-refractivity contribution in [3.05, 3.63) is 23.8 Å². The molecule has 134 valence electrons. The molecule has 0 unspecified atom stereocenters. The Morgan fingerprint density at radius 2 is 1.88 bits per heavy atom. The summed E-state index contributed by atoms with van der Waals surface area (Å²) in [5, 5.41) is 17.3. The summed E-state index contributed by atoms with van der Waals surface area (Å²) >= 11 is 0. The lowest BCUT2D eigenvalue weighted by Crippen LogP contribution is -2.34. The molecule has 0 saturated carbocycles. The Hall–Kier alpha value is -2.28. The summed E-state index contributed by atoms with van der Waals surface area (Å²) in [6.45, 7) is 7.84. The Balaban J connectivity index is 2.50. The van der Waals surface area contributed by atoms with Gasteiger partial charge in [-0.05, 0) is 45.4 Å². The molecule has 0 aliphatic carbocycles. The Morgan fingerprint density at radius 1 is 1.17 bits per heavy atom. The van der Waals surface area contributed by atoms with Crippen LogP contribution < -0.4 is 16.0 Å². The molecule has 7 heteroatoms. The first kappa shape index (κ1) is 19.8. The number of carbonyl (C=O) groups excluding carboxylic acids is 2. The van der Waals surface area contributed by atoms with Crippen LogP contribution in [0.15, 0.2) is 18.2 Å². The Labute approximate surface area is 142 Å². The number of aryl methyl sites for hydroxylation is 1. The van der Waals surface area contributed by atoms with Crippen LogP contribution in [0.2, 0.25) is 0 Å². The minimum atomic E-state index is -0.568. The van der Waals surface area contributed by atoms with Crippen molar-refractivity contribution in [2.45, 2.75) is 39.7 Å². The molecule has 0 aliphatic heterocycles. The number of anilines is 2. The lowest BCUT2D eigenvalue weighted by molar-refractivity contribution is -0.116. The van der Waals surface area contributed by atoms with Crippen LogP contribution in [0.4, 0.5) is 16.2 Å². The van der Waals surface area contributed by atoms with Crippen molar-refractivity contribution in [1.29, 1.82) is 0 Å². The van der Waals surface area contributed by atoms with E-state index in [1.54, 1.807) is 20.8 Å². The minimum absolute atomic E-state index is 0.00106. The summed E-state index contributed by atoms with van der Waals surface area (Å²) < 4.78 is 5.10. The van der Waals surface area contributed by atoms with Crippen molar-refractivity contribution in [2.75, 3.05) is 30.3 Å². The van der Waals surface area contributed by atoms with Crippen LogP contribution in [-0.2, 0) is 9.53 Å². The molecule has 2 amide bonds. The second kappa shape index (κ2) is 9.12. The van der Waals surface area contributed by atoms with Crippen molar-refractivity contribution in [3.63, 3.8) is 0 Å². The van der Waals surface area contributed by atoms with Crippen LogP contribution in [0.1, 0.15) is 32.8 Å². The fourth-order valence-corrected chi connectivity index (χ4v) is 1.91. The predicted octanol–water partition coefficient (Wildman–Crippen LogP) is 2.25. The lowest BCUT2D eigenvalue weighted by atomic mass is 10.2. The van der Waals surface area contributed by atoms with E-state index in [0.29, 0.717) is 12.2 Å². The maximum atomic E-state index is 12.0. The summed E-state index contributed by atoms with van der Waals surface area (Å²) in [6.07, 6.45) is -0.414. The average molecular weight is 337 g/mol. The number of benzene rings is 1. The normalized spacial score (nSPS) is 10.9. The molecule has 4 N–H and O–H groups in total. The molecule has 0 atom stereocenters. The molecule has 1 rings (SSSR count). The highest BCUT2D eigenvalue weighted by atomic mass is 16.6. The predicted molar refractivity (Wildman–Crippen MR) is 94.2 cm³/mol. The summed E-state index contributed by atoms with van der Waals surface area (Å²) in [5.41, 5.74) is 1.82. The largest absolute Gasteiger partial charge is 0.444 e. The second-order valence-electron chi connectivity index (χ2n) is 6.43. The van der Waals surface area contributed by atoms with E-state index in [-0.39, 0.29) is 25.5 Å². The molecule has 0 bridgehead atoms. The van der Waals surface area contributed by atoms with Crippen LogP contribution in [0.3, 0.4) is 0 Å². The highest BCUT2D eigenvalue weighted by molar-refractivity contribution is 5.94. The monoisotopic (exact) mass is 337 g/mol. The van der Waals surface area contributed by atoms with E-state index in [1.165, 1.54) is 0 Å². The van der Waals surface area contributed by atoms with E-state index < -0.39 is 11.7 Å². The maximum Gasteiger partial charge on any atom is 0.407 e. The van der Waals surface area contributed by atoms with Gasteiger partial charge in [-0.15, -0.1) is 0 Å². The van der Waals surface area contributed by atoms with Crippen LogP contribution >= 0.6 is 0 Å². The standard InChI is InChI=1S/C17H27N3O4/c1-12-5-6-13(18-9-10-21)14(11-12)20-15(22)7-8-19-16(23)24-17(2,3)4/h5-6,11,18,21H,7-10H2,1-4H3,(H,19,23)(H,20,22). The van der Waals surface area contributed by atoms with Gasteiger partial charge in [-0.25, -0.2) is 4.79 Å². The maximum absolute atomic E-state index is 12.0. The van der Waals surface area contributed by atoms with Crippen LogP contribution in [0.25, 0.3) is 0 Å². The first-order valence-electron chi connectivity index (χ1n) is 7.93. The zero-order valence-electron chi connectivity index (χ0n) is 14.7. The van der Waals surface area contributed by atoms with Gasteiger partial charge in [0.25, 0.3) is 0 Å². The zero-order chi connectivity index (χ0) is 18.2. The second-order valence-corrected chi connectivity index (χ2v) is 6.43. The van der Waals surface area contributed by atoms with Gasteiger partial charge >= 0.3 is 6.09 Å². The van der Waals surface area contributed by atoms with Gasteiger partial charge < -0.3 is 25.8 Å². The van der Waals surface area contributed by atoms with Crippen LogP contribution in [0.5, 0.6) is 0 Å². The molecule has 1 aromatic rings.